The van der Waals surface area contributed by atoms with E-state index in [2.05, 4.69) is 26.1 Å². The van der Waals surface area contributed by atoms with Gasteiger partial charge in [0, 0.05) is 37.3 Å². The molecule has 0 aromatic heterocycles. The number of hydrogen-bond acceptors (Lipinski definition) is 4. The van der Waals surface area contributed by atoms with Crippen molar-refractivity contribution in [1.29, 1.82) is 0 Å². The SMILES string of the molecule is O=[N+]([O-])c1cc(Br)c(F)cc1NC1CCN(C2CC2)C1. The van der Waals surface area contributed by atoms with E-state index in [4.69, 9.17) is 0 Å². The van der Waals surface area contributed by atoms with Crippen LogP contribution in [0.1, 0.15) is 19.3 Å². The van der Waals surface area contributed by atoms with E-state index < -0.39 is 10.7 Å². The Hall–Kier alpha value is -1.21. The maximum Gasteiger partial charge on any atom is 0.293 e. The van der Waals surface area contributed by atoms with Crippen molar-refractivity contribution in [2.24, 2.45) is 0 Å². The second-order valence-corrected chi connectivity index (χ2v) is 6.25. The molecule has 1 saturated carbocycles. The number of nitrogens with one attached hydrogen (secondary N) is 1. The fraction of sp³-hybridized carbons (Fsp3) is 0.538. The van der Waals surface area contributed by atoms with Crippen LogP contribution in [-0.4, -0.2) is 35.0 Å². The van der Waals surface area contributed by atoms with Gasteiger partial charge in [-0.25, -0.2) is 4.39 Å². The first-order chi connectivity index (χ1) is 9.54. The normalized spacial score (nSPS) is 23.0. The topological polar surface area (TPSA) is 58.4 Å². The van der Waals surface area contributed by atoms with Gasteiger partial charge in [-0.15, -0.1) is 0 Å². The van der Waals surface area contributed by atoms with Crippen LogP contribution >= 0.6 is 15.9 Å². The number of nitrogens with zero attached hydrogens (tertiary/aromatic N) is 2. The van der Waals surface area contributed by atoms with Crippen molar-refractivity contribution in [2.75, 3.05) is 18.4 Å². The van der Waals surface area contributed by atoms with Crippen LogP contribution in [0.3, 0.4) is 0 Å². The zero-order chi connectivity index (χ0) is 14.3. The van der Waals surface area contributed by atoms with Gasteiger partial charge in [0.1, 0.15) is 11.5 Å². The molecule has 1 heterocycles. The molecule has 0 bridgehead atoms. The highest BCUT2D eigenvalue weighted by molar-refractivity contribution is 9.10. The molecule has 1 aromatic rings. The first-order valence-corrected chi connectivity index (χ1v) is 7.48. The van der Waals surface area contributed by atoms with Gasteiger partial charge in [-0.2, -0.15) is 0 Å². The van der Waals surface area contributed by atoms with E-state index in [-0.39, 0.29) is 21.9 Å². The van der Waals surface area contributed by atoms with E-state index in [0.717, 1.165) is 19.5 Å². The molecule has 5 nitrogen and oxygen atoms in total. The van der Waals surface area contributed by atoms with Gasteiger partial charge in [-0.3, -0.25) is 15.0 Å². The number of hydrogen-bond donors (Lipinski definition) is 1. The van der Waals surface area contributed by atoms with Crippen LogP contribution < -0.4 is 5.32 Å². The summed E-state index contributed by atoms with van der Waals surface area (Å²) in [5.74, 6) is -0.491. The maximum atomic E-state index is 13.6. The molecule has 0 amide bonds. The van der Waals surface area contributed by atoms with E-state index in [1.54, 1.807) is 0 Å². The summed E-state index contributed by atoms with van der Waals surface area (Å²) >= 11 is 2.98. The number of nitro groups is 1. The van der Waals surface area contributed by atoms with Crippen LogP contribution in [0.25, 0.3) is 0 Å². The first kappa shape index (κ1) is 13.8. The third-order valence-electron chi connectivity index (χ3n) is 3.88. The van der Waals surface area contributed by atoms with Crippen molar-refractivity contribution >= 4 is 27.3 Å². The molecule has 1 aliphatic heterocycles. The number of benzene rings is 1. The molecule has 3 rings (SSSR count). The molecular weight excluding hydrogens is 329 g/mol. The molecule has 1 saturated heterocycles. The molecular formula is C13H15BrFN3O2. The fourth-order valence-electron chi connectivity index (χ4n) is 2.70. The highest BCUT2D eigenvalue weighted by atomic mass is 79.9. The summed E-state index contributed by atoms with van der Waals surface area (Å²) in [6.07, 6.45) is 3.44. The van der Waals surface area contributed by atoms with Gasteiger partial charge in [0.05, 0.1) is 9.40 Å². The van der Waals surface area contributed by atoms with Crippen LogP contribution in [0.5, 0.6) is 0 Å². The van der Waals surface area contributed by atoms with E-state index in [9.17, 15) is 14.5 Å². The highest BCUT2D eigenvalue weighted by Crippen LogP contribution is 2.34. The molecule has 2 fully saturated rings. The molecule has 0 spiro atoms. The molecule has 1 aromatic carbocycles. The monoisotopic (exact) mass is 343 g/mol. The zero-order valence-electron chi connectivity index (χ0n) is 10.8. The number of rotatable bonds is 4. The van der Waals surface area contributed by atoms with Crippen LogP contribution in [-0.2, 0) is 0 Å². The fourth-order valence-corrected chi connectivity index (χ4v) is 3.03. The first-order valence-electron chi connectivity index (χ1n) is 6.68. The van der Waals surface area contributed by atoms with E-state index >= 15 is 0 Å². The van der Waals surface area contributed by atoms with Gasteiger partial charge in [0.2, 0.25) is 0 Å². The molecule has 108 valence electrons. The summed E-state index contributed by atoms with van der Waals surface area (Å²) in [7, 11) is 0. The van der Waals surface area contributed by atoms with Crippen LogP contribution in [0.15, 0.2) is 16.6 Å². The number of halogens is 2. The Morgan fingerprint density at radius 1 is 1.40 bits per heavy atom. The molecule has 2 aliphatic rings. The zero-order valence-corrected chi connectivity index (χ0v) is 12.4. The van der Waals surface area contributed by atoms with Gasteiger partial charge in [0.15, 0.2) is 0 Å². The Labute approximate surface area is 124 Å². The lowest BCUT2D eigenvalue weighted by Gasteiger charge is -2.17. The quantitative estimate of drug-likeness (QED) is 0.673. The van der Waals surface area contributed by atoms with Gasteiger partial charge >= 0.3 is 0 Å². The van der Waals surface area contributed by atoms with Crippen molar-refractivity contribution in [3.63, 3.8) is 0 Å². The molecule has 1 unspecified atom stereocenters. The summed E-state index contributed by atoms with van der Waals surface area (Å²) in [4.78, 5) is 13.0. The molecule has 20 heavy (non-hydrogen) atoms. The van der Waals surface area contributed by atoms with Crippen molar-refractivity contribution < 1.29 is 9.31 Å². The predicted octanol–water partition coefficient (Wildman–Crippen LogP) is 3.15. The molecule has 1 atom stereocenters. The molecule has 7 heteroatoms. The minimum atomic E-state index is -0.491. The Morgan fingerprint density at radius 2 is 2.15 bits per heavy atom. The van der Waals surface area contributed by atoms with Gasteiger partial charge < -0.3 is 5.32 Å². The second kappa shape index (κ2) is 5.29. The summed E-state index contributed by atoms with van der Waals surface area (Å²) < 4.78 is 13.7. The Morgan fingerprint density at radius 3 is 2.80 bits per heavy atom. The third kappa shape index (κ3) is 2.78. The second-order valence-electron chi connectivity index (χ2n) is 5.40. The van der Waals surface area contributed by atoms with E-state index in [0.29, 0.717) is 6.04 Å². The molecule has 1 aliphatic carbocycles. The van der Waals surface area contributed by atoms with Gasteiger partial charge in [-0.05, 0) is 35.2 Å². The van der Waals surface area contributed by atoms with E-state index in [1.807, 2.05) is 0 Å². The Balaban J connectivity index is 1.76. The highest BCUT2D eigenvalue weighted by Gasteiger charge is 2.35. The van der Waals surface area contributed by atoms with Crippen molar-refractivity contribution in [3.8, 4) is 0 Å². The average Bonchev–Trinajstić information content (AvgIpc) is 3.14. The standard InChI is InChI=1S/C13H15BrFN3O2/c14-10-5-13(18(19)20)12(6-11(10)15)16-8-3-4-17(7-8)9-1-2-9/h5-6,8-9,16H,1-4,7H2. The predicted molar refractivity (Wildman–Crippen MR) is 77.4 cm³/mol. The lowest BCUT2D eigenvalue weighted by atomic mass is 10.2. The number of anilines is 1. The number of likely N-dealkylation sites (tertiary alicyclic amines) is 1. The Kier molecular flexibility index (Phi) is 3.64. The summed E-state index contributed by atoms with van der Waals surface area (Å²) in [5, 5.41) is 14.2. The van der Waals surface area contributed by atoms with Crippen molar-refractivity contribution in [3.05, 3.63) is 32.5 Å². The van der Waals surface area contributed by atoms with Crippen LogP contribution in [0.4, 0.5) is 15.8 Å². The lowest BCUT2D eigenvalue weighted by Crippen LogP contribution is -2.28. The molecule has 1 N–H and O–H groups in total. The summed E-state index contributed by atoms with van der Waals surface area (Å²) in [5.41, 5.74) is 0.168. The smallest absolute Gasteiger partial charge is 0.293 e. The minimum Gasteiger partial charge on any atom is -0.375 e. The van der Waals surface area contributed by atoms with Crippen LogP contribution in [0, 0.1) is 15.9 Å². The van der Waals surface area contributed by atoms with E-state index in [1.165, 1.54) is 25.0 Å². The molecule has 0 radical (unpaired) electrons. The van der Waals surface area contributed by atoms with Crippen molar-refractivity contribution in [2.45, 2.75) is 31.3 Å². The van der Waals surface area contributed by atoms with Gasteiger partial charge in [0.25, 0.3) is 5.69 Å². The average molecular weight is 344 g/mol. The largest absolute Gasteiger partial charge is 0.375 e. The Bertz CT molecular complexity index is 551. The van der Waals surface area contributed by atoms with Crippen molar-refractivity contribution in [1.82, 2.24) is 4.90 Å². The van der Waals surface area contributed by atoms with Gasteiger partial charge in [-0.1, -0.05) is 0 Å². The summed E-state index contributed by atoms with van der Waals surface area (Å²) in [6, 6.07) is 3.25. The maximum absolute atomic E-state index is 13.6. The minimum absolute atomic E-state index is 0.0943. The lowest BCUT2D eigenvalue weighted by molar-refractivity contribution is -0.384. The summed E-state index contributed by atoms with van der Waals surface area (Å²) in [6.45, 7) is 1.88. The van der Waals surface area contributed by atoms with Crippen LogP contribution in [0.2, 0.25) is 0 Å². The number of nitro benzene ring substituents is 1. The third-order valence-corrected chi connectivity index (χ3v) is 4.49.